The lowest BCUT2D eigenvalue weighted by Gasteiger charge is -2.32. The molecule has 0 aliphatic heterocycles. The van der Waals surface area contributed by atoms with E-state index in [9.17, 15) is 36.2 Å². The zero-order valence-electron chi connectivity index (χ0n) is 20.3. The van der Waals surface area contributed by atoms with Gasteiger partial charge in [-0.25, -0.2) is 0 Å². The third kappa shape index (κ3) is 4.98. The number of aryl methyl sites for hydroxylation is 1. The van der Waals surface area contributed by atoms with Gasteiger partial charge in [0.2, 0.25) is 0 Å². The number of amides is 1. The number of pyridine rings is 1. The Balaban J connectivity index is 1.62. The number of halogens is 6. The van der Waals surface area contributed by atoms with Gasteiger partial charge in [-0.1, -0.05) is 24.3 Å². The predicted molar refractivity (Wildman–Crippen MR) is 128 cm³/mol. The second-order valence-electron chi connectivity index (χ2n) is 9.03. The smallest absolute Gasteiger partial charge is 0.369 e. The van der Waals surface area contributed by atoms with Gasteiger partial charge < -0.3 is 14.6 Å². The van der Waals surface area contributed by atoms with Crippen LogP contribution in [0.4, 0.5) is 26.3 Å². The van der Waals surface area contributed by atoms with Crippen molar-refractivity contribution in [1.29, 1.82) is 0 Å². The van der Waals surface area contributed by atoms with Crippen LogP contribution in [0.5, 0.6) is 0 Å². The number of alkyl halides is 6. The highest BCUT2D eigenvalue weighted by Gasteiger charge is 2.71. The summed E-state index contributed by atoms with van der Waals surface area (Å²) in [5.74, 6) is -0.241. The molecule has 4 rings (SSSR count). The molecule has 0 aliphatic carbocycles. The molecule has 1 amide bonds. The molecule has 5 nitrogen and oxygen atoms in total. The zero-order valence-corrected chi connectivity index (χ0v) is 20.3. The van der Waals surface area contributed by atoms with Gasteiger partial charge in [0.15, 0.2) is 0 Å². The van der Waals surface area contributed by atoms with E-state index in [1.807, 2.05) is 6.07 Å². The molecule has 0 unspecified atom stereocenters. The van der Waals surface area contributed by atoms with Gasteiger partial charge in [-0.15, -0.1) is 0 Å². The highest BCUT2D eigenvalue weighted by molar-refractivity contribution is 5.94. The first-order valence-electron chi connectivity index (χ1n) is 11.4. The maximum Gasteiger partial charge on any atom is 0.430 e. The summed E-state index contributed by atoms with van der Waals surface area (Å²) < 4.78 is 81.7. The van der Waals surface area contributed by atoms with Crippen molar-refractivity contribution in [2.75, 3.05) is 7.05 Å². The van der Waals surface area contributed by atoms with Crippen LogP contribution in [-0.2, 0) is 18.7 Å². The van der Waals surface area contributed by atoms with Crippen molar-refractivity contribution in [3.05, 3.63) is 101 Å². The van der Waals surface area contributed by atoms with Crippen LogP contribution in [0.2, 0.25) is 0 Å². The third-order valence-electron chi connectivity index (χ3n) is 6.33. The minimum atomic E-state index is -5.97. The van der Waals surface area contributed by atoms with E-state index in [0.29, 0.717) is 41.0 Å². The molecule has 0 aliphatic rings. The summed E-state index contributed by atoms with van der Waals surface area (Å²) in [5, 5.41) is 9.86. The molecule has 11 heteroatoms. The minimum absolute atomic E-state index is 0.106. The van der Waals surface area contributed by atoms with E-state index in [2.05, 4.69) is 4.98 Å². The number of benzene rings is 2. The quantitative estimate of drug-likeness (QED) is 0.309. The van der Waals surface area contributed by atoms with E-state index < -0.39 is 23.5 Å². The Bertz CT molecular complexity index is 1450. The van der Waals surface area contributed by atoms with E-state index in [4.69, 9.17) is 0 Å². The number of carbonyl (C=O) groups excluding carboxylic acids is 1. The van der Waals surface area contributed by atoms with Crippen LogP contribution >= 0.6 is 0 Å². The highest BCUT2D eigenvalue weighted by Crippen LogP contribution is 2.50. The largest absolute Gasteiger partial charge is 0.430 e. The monoisotopic (exact) mass is 535 g/mol. The second kappa shape index (κ2) is 9.79. The number of aliphatic hydroxyl groups is 1. The summed E-state index contributed by atoms with van der Waals surface area (Å²) in [5.41, 5.74) is -3.53. The van der Waals surface area contributed by atoms with Crippen molar-refractivity contribution < 1.29 is 36.2 Å². The van der Waals surface area contributed by atoms with E-state index >= 15 is 0 Å². The van der Waals surface area contributed by atoms with Crippen molar-refractivity contribution in [3.63, 3.8) is 0 Å². The average molecular weight is 535 g/mol. The Morgan fingerprint density at radius 2 is 1.66 bits per heavy atom. The fourth-order valence-corrected chi connectivity index (χ4v) is 4.34. The highest BCUT2D eigenvalue weighted by atomic mass is 19.4. The van der Waals surface area contributed by atoms with Crippen LogP contribution in [-0.4, -0.2) is 44.9 Å². The van der Waals surface area contributed by atoms with Gasteiger partial charge >= 0.3 is 12.4 Å². The maximum absolute atomic E-state index is 13.3. The molecular formula is C27H23F6N3O2. The van der Waals surface area contributed by atoms with Crippen LogP contribution in [0, 0.1) is 6.92 Å². The third-order valence-corrected chi connectivity index (χ3v) is 6.33. The lowest BCUT2D eigenvalue weighted by Crippen LogP contribution is -2.53. The molecule has 0 spiro atoms. The summed E-state index contributed by atoms with van der Waals surface area (Å²) in [6, 6.07) is 16.1. The normalized spacial score (nSPS) is 12.7. The van der Waals surface area contributed by atoms with E-state index in [-0.39, 0.29) is 17.8 Å². The molecule has 2 heterocycles. The zero-order chi connectivity index (χ0) is 27.9. The lowest BCUT2D eigenvalue weighted by molar-refractivity contribution is -0.376. The van der Waals surface area contributed by atoms with Gasteiger partial charge in [-0.3, -0.25) is 9.78 Å². The second-order valence-corrected chi connectivity index (χ2v) is 9.03. The first kappa shape index (κ1) is 27.2. The van der Waals surface area contributed by atoms with Crippen molar-refractivity contribution >= 4 is 16.8 Å². The van der Waals surface area contributed by atoms with Crippen molar-refractivity contribution in [1.82, 2.24) is 14.5 Å². The molecule has 0 atom stereocenters. The number of hydrogen-bond acceptors (Lipinski definition) is 3. The molecule has 0 fully saturated rings. The minimum Gasteiger partial charge on any atom is -0.369 e. The van der Waals surface area contributed by atoms with E-state index in [1.165, 1.54) is 11.0 Å². The van der Waals surface area contributed by atoms with Gasteiger partial charge in [-0.05, 0) is 55.0 Å². The lowest BCUT2D eigenvalue weighted by atomic mass is 9.91. The topological polar surface area (TPSA) is 58.4 Å². The molecule has 0 saturated heterocycles. The first-order chi connectivity index (χ1) is 17.7. The molecule has 0 bridgehead atoms. The number of hydrogen-bond donors (Lipinski definition) is 1. The predicted octanol–water partition coefficient (Wildman–Crippen LogP) is 5.98. The van der Waals surface area contributed by atoms with E-state index in [0.717, 1.165) is 11.8 Å². The summed E-state index contributed by atoms with van der Waals surface area (Å²) in [4.78, 5) is 18.7. The van der Waals surface area contributed by atoms with E-state index in [1.54, 1.807) is 61.1 Å². The van der Waals surface area contributed by atoms with Crippen molar-refractivity contribution in [3.8, 4) is 0 Å². The number of fused-ring (bicyclic) bond motifs is 1. The van der Waals surface area contributed by atoms with Crippen LogP contribution in [0.15, 0.2) is 72.9 Å². The Hall–Kier alpha value is -3.86. The molecule has 200 valence electrons. The molecular weight excluding hydrogens is 512 g/mol. The van der Waals surface area contributed by atoms with Crippen LogP contribution in [0.1, 0.15) is 32.9 Å². The molecule has 2 aromatic heterocycles. The summed E-state index contributed by atoms with van der Waals surface area (Å²) in [7, 11) is 1.65. The number of aromatic nitrogens is 2. The Morgan fingerprint density at radius 1 is 0.947 bits per heavy atom. The Morgan fingerprint density at radius 3 is 2.29 bits per heavy atom. The molecule has 1 N–H and O–H groups in total. The average Bonchev–Trinajstić information content (AvgIpc) is 3.16. The molecule has 0 radical (unpaired) electrons. The standard InChI is InChI=1S/C27H23F6N3O2/c1-17-12-20-14-21(25(38,26(28,29)30)27(31,32)33)9-10-23(20)36(17)15-18-6-5-7-19(13-18)24(37)35(2)16-22-8-3-4-11-34-22/h3-14,38H,15-16H2,1-2H3. The fraction of sp³-hybridized carbons (Fsp3) is 0.259. The molecule has 2 aromatic carbocycles. The number of nitrogens with zero attached hydrogens (tertiary/aromatic N) is 3. The summed E-state index contributed by atoms with van der Waals surface area (Å²) in [6.45, 7) is 2.17. The van der Waals surface area contributed by atoms with Crippen molar-refractivity contribution in [2.45, 2.75) is 38.0 Å². The SMILES string of the molecule is Cc1cc2cc(C(O)(C(F)(F)F)C(F)(F)F)ccc2n1Cc1cccc(C(=O)N(C)Cc2ccccn2)c1. The van der Waals surface area contributed by atoms with Crippen LogP contribution < -0.4 is 0 Å². The number of carbonyl (C=O) groups is 1. The summed E-state index contributed by atoms with van der Waals surface area (Å²) in [6.07, 6.45) is -10.3. The van der Waals surface area contributed by atoms with Crippen LogP contribution in [0.25, 0.3) is 10.9 Å². The van der Waals surface area contributed by atoms with Gasteiger partial charge in [-0.2, -0.15) is 26.3 Å². The number of rotatable bonds is 6. The molecule has 0 saturated carbocycles. The van der Waals surface area contributed by atoms with Gasteiger partial charge in [0.05, 0.1) is 12.2 Å². The maximum atomic E-state index is 13.3. The Labute approximate surface area is 213 Å². The van der Waals surface area contributed by atoms with Gasteiger partial charge in [0, 0.05) is 47.5 Å². The fourth-order valence-electron chi connectivity index (χ4n) is 4.34. The van der Waals surface area contributed by atoms with Gasteiger partial charge in [0.1, 0.15) is 0 Å². The molecule has 4 aromatic rings. The van der Waals surface area contributed by atoms with Gasteiger partial charge in [0.25, 0.3) is 11.5 Å². The van der Waals surface area contributed by atoms with Crippen molar-refractivity contribution in [2.24, 2.45) is 0 Å². The molecule has 38 heavy (non-hydrogen) atoms. The first-order valence-corrected chi connectivity index (χ1v) is 11.4. The summed E-state index contributed by atoms with van der Waals surface area (Å²) >= 11 is 0. The Kier molecular flexibility index (Phi) is 7.00. The van der Waals surface area contributed by atoms with Crippen LogP contribution in [0.3, 0.4) is 0 Å².